The smallest absolute Gasteiger partial charge is 0.408 e. The van der Waals surface area contributed by atoms with E-state index in [4.69, 9.17) is 20.9 Å². The van der Waals surface area contributed by atoms with Crippen LogP contribution in [-0.4, -0.2) is 54.6 Å². The Morgan fingerprint density at radius 2 is 1.57 bits per heavy atom. The molecule has 37 heavy (non-hydrogen) atoms. The first-order chi connectivity index (χ1) is 17.4. The highest BCUT2D eigenvalue weighted by Crippen LogP contribution is 2.17. The quantitative estimate of drug-likeness (QED) is 0.134. The normalized spacial score (nSPS) is 11.4. The predicted octanol–water partition coefficient (Wildman–Crippen LogP) is 0.865. The predicted molar refractivity (Wildman–Crippen MR) is 137 cm³/mol. The number of hydrogen-bond donors (Lipinski definition) is 5. The second kappa shape index (κ2) is 13.5. The van der Waals surface area contributed by atoms with Crippen LogP contribution in [0.4, 0.5) is 10.5 Å². The van der Waals surface area contributed by atoms with Gasteiger partial charge >= 0.3 is 12.1 Å². The zero-order valence-corrected chi connectivity index (χ0v) is 20.9. The lowest BCUT2D eigenvalue weighted by Gasteiger charge is -2.23. The number of carbonyl (C=O) groups excluding carboxylic acids is 4. The molecule has 0 spiro atoms. The van der Waals surface area contributed by atoms with Crippen LogP contribution in [-0.2, 0) is 25.5 Å². The van der Waals surface area contributed by atoms with E-state index in [0.29, 0.717) is 5.69 Å². The van der Waals surface area contributed by atoms with Crippen LogP contribution in [0.3, 0.4) is 0 Å². The molecule has 0 aliphatic heterocycles. The molecule has 2 aromatic carbocycles. The Morgan fingerprint density at radius 3 is 2.16 bits per heavy atom. The Kier molecular flexibility index (Phi) is 10.4. The van der Waals surface area contributed by atoms with Gasteiger partial charge < -0.3 is 36.9 Å². The van der Waals surface area contributed by atoms with E-state index in [-0.39, 0.29) is 18.1 Å². The van der Waals surface area contributed by atoms with Crippen LogP contribution in [0.15, 0.2) is 59.6 Å². The number of alkyl carbamates (subject to hydrolysis) is 1. The first-order valence-corrected chi connectivity index (χ1v) is 11.4. The van der Waals surface area contributed by atoms with Gasteiger partial charge in [0.1, 0.15) is 23.9 Å². The maximum Gasteiger partial charge on any atom is 0.408 e. The number of rotatable bonds is 10. The molecule has 7 N–H and O–H groups in total. The molecule has 0 fully saturated rings. The van der Waals surface area contributed by atoms with Gasteiger partial charge in [-0.3, -0.25) is 9.59 Å². The molecule has 0 aromatic heterocycles. The van der Waals surface area contributed by atoms with Crippen LogP contribution in [0, 0.1) is 0 Å². The molecule has 0 aliphatic carbocycles. The van der Waals surface area contributed by atoms with Gasteiger partial charge in [-0.15, -0.1) is 0 Å². The fourth-order valence-electron chi connectivity index (χ4n) is 2.94. The number of hydrogen-bond acceptors (Lipinski definition) is 7. The van der Waals surface area contributed by atoms with Crippen LogP contribution < -0.4 is 32.2 Å². The van der Waals surface area contributed by atoms with E-state index in [0.717, 1.165) is 5.56 Å². The Balaban J connectivity index is 1.85. The number of aliphatic imine (C=N–C) groups is 1. The molecule has 1 atom stereocenters. The van der Waals surface area contributed by atoms with Gasteiger partial charge in [0.2, 0.25) is 11.8 Å². The number of nitrogens with two attached hydrogens (primary N) is 2. The summed E-state index contributed by atoms with van der Waals surface area (Å²) in [5, 5.41) is 7.36. The van der Waals surface area contributed by atoms with E-state index in [9.17, 15) is 19.2 Å². The monoisotopic (exact) mass is 512 g/mol. The number of nitrogens with one attached hydrogen (secondary N) is 3. The van der Waals surface area contributed by atoms with E-state index >= 15 is 0 Å². The summed E-state index contributed by atoms with van der Waals surface area (Å²) in [6.07, 6.45) is -0.580. The van der Waals surface area contributed by atoms with Crippen LogP contribution in [0.1, 0.15) is 26.3 Å². The highest BCUT2D eigenvalue weighted by Gasteiger charge is 2.25. The van der Waals surface area contributed by atoms with Gasteiger partial charge in [0.25, 0.3) is 0 Å². The maximum atomic E-state index is 12.7. The minimum Gasteiger partial charge on any atom is -0.444 e. The first-order valence-electron chi connectivity index (χ1n) is 11.4. The summed E-state index contributed by atoms with van der Waals surface area (Å²) in [7, 11) is 0. The number of ether oxygens (including phenoxy) is 2. The standard InChI is InChI=1S/C25H32N6O6/c1-25(2,3)37-24(35)31-19(13-16-7-5-4-6-8-16)22(34)29-14-20(32)28-15-21(33)36-18-11-9-17(10-12-18)30-23(26)27/h4-12,19H,13-15H2,1-3H3,(H,28,32)(H,29,34)(H,31,35)(H4,26,27,30)/t19-/m0/s1. The van der Waals surface area contributed by atoms with Crippen molar-refractivity contribution in [1.82, 2.24) is 16.0 Å². The maximum absolute atomic E-state index is 12.7. The van der Waals surface area contributed by atoms with Crippen molar-refractivity contribution in [2.45, 2.75) is 38.8 Å². The summed E-state index contributed by atoms with van der Waals surface area (Å²) >= 11 is 0. The van der Waals surface area contributed by atoms with E-state index in [1.807, 2.05) is 30.3 Å². The Bertz CT molecular complexity index is 1110. The molecule has 0 aliphatic rings. The fourth-order valence-corrected chi connectivity index (χ4v) is 2.94. The number of guanidine groups is 1. The molecule has 198 valence electrons. The summed E-state index contributed by atoms with van der Waals surface area (Å²) in [6, 6.07) is 14.2. The molecule has 0 radical (unpaired) electrons. The third-order valence-electron chi connectivity index (χ3n) is 4.47. The number of nitrogens with zero attached hydrogens (tertiary/aromatic N) is 1. The second-order valence-electron chi connectivity index (χ2n) is 8.89. The second-order valence-corrected chi connectivity index (χ2v) is 8.89. The highest BCUT2D eigenvalue weighted by atomic mass is 16.6. The molecule has 0 bridgehead atoms. The topological polar surface area (TPSA) is 187 Å². The average Bonchev–Trinajstić information content (AvgIpc) is 2.81. The van der Waals surface area contributed by atoms with Crippen molar-refractivity contribution in [2.75, 3.05) is 13.1 Å². The van der Waals surface area contributed by atoms with Crippen LogP contribution >= 0.6 is 0 Å². The van der Waals surface area contributed by atoms with Gasteiger partial charge in [0, 0.05) is 6.42 Å². The third-order valence-corrected chi connectivity index (χ3v) is 4.47. The molecule has 3 amide bonds. The average molecular weight is 513 g/mol. The molecule has 0 saturated heterocycles. The van der Waals surface area contributed by atoms with E-state index in [1.54, 1.807) is 32.9 Å². The summed E-state index contributed by atoms with van der Waals surface area (Å²) in [4.78, 5) is 53.0. The molecule has 0 heterocycles. The SMILES string of the molecule is CC(C)(C)OC(=O)N[C@@H](Cc1ccccc1)C(=O)NCC(=O)NCC(=O)Oc1ccc(N=C(N)N)cc1. The van der Waals surface area contributed by atoms with Gasteiger partial charge in [0.05, 0.1) is 12.2 Å². The Hall–Kier alpha value is -4.61. The summed E-state index contributed by atoms with van der Waals surface area (Å²) in [5.74, 6) is -1.80. The largest absolute Gasteiger partial charge is 0.444 e. The minimum absolute atomic E-state index is 0.105. The summed E-state index contributed by atoms with van der Waals surface area (Å²) < 4.78 is 10.4. The molecule has 12 heteroatoms. The lowest BCUT2D eigenvalue weighted by Crippen LogP contribution is -2.51. The van der Waals surface area contributed by atoms with Crippen LogP contribution in [0.25, 0.3) is 0 Å². The number of carbonyl (C=O) groups is 4. The Labute approximate surface area is 214 Å². The molecule has 2 rings (SSSR count). The first kappa shape index (κ1) is 28.6. The van der Waals surface area contributed by atoms with E-state index < -0.39 is 48.6 Å². The van der Waals surface area contributed by atoms with Crippen molar-refractivity contribution in [1.29, 1.82) is 0 Å². The van der Waals surface area contributed by atoms with Crippen molar-refractivity contribution in [3.05, 3.63) is 60.2 Å². The summed E-state index contributed by atoms with van der Waals surface area (Å²) in [5.41, 5.74) is 11.1. The van der Waals surface area contributed by atoms with E-state index in [2.05, 4.69) is 20.9 Å². The molecular formula is C25H32N6O6. The van der Waals surface area contributed by atoms with Crippen molar-refractivity contribution in [2.24, 2.45) is 16.5 Å². The van der Waals surface area contributed by atoms with Gasteiger partial charge in [-0.05, 0) is 50.6 Å². The number of benzene rings is 2. The minimum atomic E-state index is -0.989. The molecule has 12 nitrogen and oxygen atoms in total. The number of esters is 1. The van der Waals surface area contributed by atoms with Crippen molar-refractivity contribution in [3.63, 3.8) is 0 Å². The van der Waals surface area contributed by atoms with Crippen molar-refractivity contribution in [3.8, 4) is 5.75 Å². The molecule has 0 unspecified atom stereocenters. The Morgan fingerprint density at radius 1 is 0.919 bits per heavy atom. The van der Waals surface area contributed by atoms with Crippen molar-refractivity contribution < 1.29 is 28.7 Å². The zero-order chi connectivity index (χ0) is 27.4. The number of amides is 3. The fraction of sp³-hybridized carbons (Fsp3) is 0.320. The van der Waals surface area contributed by atoms with Crippen LogP contribution in [0.5, 0.6) is 5.75 Å². The van der Waals surface area contributed by atoms with Gasteiger partial charge in [0.15, 0.2) is 5.96 Å². The lowest BCUT2D eigenvalue weighted by atomic mass is 10.1. The van der Waals surface area contributed by atoms with Gasteiger partial charge in [-0.25, -0.2) is 14.6 Å². The van der Waals surface area contributed by atoms with Crippen LogP contribution in [0.2, 0.25) is 0 Å². The summed E-state index contributed by atoms with van der Waals surface area (Å²) in [6.45, 7) is 4.27. The lowest BCUT2D eigenvalue weighted by molar-refractivity contribution is -0.135. The highest BCUT2D eigenvalue weighted by molar-refractivity contribution is 5.90. The molecule has 2 aromatic rings. The van der Waals surface area contributed by atoms with E-state index in [1.165, 1.54) is 12.1 Å². The van der Waals surface area contributed by atoms with Gasteiger partial charge in [-0.1, -0.05) is 30.3 Å². The van der Waals surface area contributed by atoms with Gasteiger partial charge in [-0.2, -0.15) is 0 Å². The molecule has 0 saturated carbocycles. The molecular weight excluding hydrogens is 480 g/mol. The third kappa shape index (κ3) is 11.6. The zero-order valence-electron chi connectivity index (χ0n) is 20.9. The van der Waals surface area contributed by atoms with Crippen molar-refractivity contribution >= 4 is 35.5 Å².